The third kappa shape index (κ3) is 3.76. The molecule has 0 radical (unpaired) electrons. The van der Waals surface area contributed by atoms with Crippen molar-refractivity contribution in [2.75, 3.05) is 19.6 Å². The molecule has 146 valence electrons. The summed E-state index contributed by atoms with van der Waals surface area (Å²) < 4.78 is 1.69. The van der Waals surface area contributed by atoms with Gasteiger partial charge in [0.25, 0.3) is 5.56 Å². The van der Waals surface area contributed by atoms with Gasteiger partial charge in [-0.2, -0.15) is 0 Å². The molecule has 2 atom stereocenters. The fourth-order valence-corrected chi connectivity index (χ4v) is 4.13. The van der Waals surface area contributed by atoms with Crippen LogP contribution in [0.1, 0.15) is 51.9 Å². The third-order valence-corrected chi connectivity index (χ3v) is 5.59. The zero-order valence-electron chi connectivity index (χ0n) is 16.8. The summed E-state index contributed by atoms with van der Waals surface area (Å²) in [6.45, 7) is 8.62. The van der Waals surface area contributed by atoms with Gasteiger partial charge < -0.3 is 4.90 Å². The van der Waals surface area contributed by atoms with Gasteiger partial charge in [-0.15, -0.1) is 0 Å². The van der Waals surface area contributed by atoms with Gasteiger partial charge in [0.2, 0.25) is 5.91 Å². The molecule has 1 fully saturated rings. The maximum atomic E-state index is 12.8. The summed E-state index contributed by atoms with van der Waals surface area (Å²) in [5.74, 6) is 1.05. The number of piperazine rings is 1. The molecule has 1 aromatic heterocycles. The van der Waals surface area contributed by atoms with Gasteiger partial charge in [0.15, 0.2) is 0 Å². The number of amides is 1. The van der Waals surface area contributed by atoms with Gasteiger partial charge in [-0.1, -0.05) is 26.0 Å². The van der Waals surface area contributed by atoms with E-state index in [1.807, 2.05) is 43.1 Å². The average Bonchev–Trinajstić information content (AvgIpc) is 2.66. The zero-order valence-corrected chi connectivity index (χ0v) is 16.8. The molecule has 1 aliphatic heterocycles. The average molecular weight is 370 g/mol. The van der Waals surface area contributed by atoms with Crippen LogP contribution in [0.25, 0.3) is 10.9 Å². The SMILES string of the molecule is CCCC(=O)N1CCN(C(CC)c2nc3ccccc3c(=O)n2C)CC1C. The molecule has 0 aliphatic carbocycles. The van der Waals surface area contributed by atoms with Crippen molar-refractivity contribution in [3.05, 3.63) is 40.4 Å². The fraction of sp³-hybridized carbons (Fsp3) is 0.571. The van der Waals surface area contributed by atoms with Crippen LogP contribution in [0.4, 0.5) is 0 Å². The van der Waals surface area contributed by atoms with Gasteiger partial charge in [0.05, 0.1) is 16.9 Å². The first-order valence-corrected chi connectivity index (χ1v) is 9.97. The zero-order chi connectivity index (χ0) is 19.6. The largest absolute Gasteiger partial charge is 0.337 e. The predicted octanol–water partition coefficient (Wildman–Crippen LogP) is 2.72. The quantitative estimate of drug-likeness (QED) is 0.812. The number of hydrogen-bond donors (Lipinski definition) is 0. The number of para-hydroxylation sites is 1. The number of benzene rings is 1. The minimum Gasteiger partial charge on any atom is -0.337 e. The van der Waals surface area contributed by atoms with E-state index in [2.05, 4.69) is 18.7 Å². The van der Waals surface area contributed by atoms with Crippen LogP contribution >= 0.6 is 0 Å². The van der Waals surface area contributed by atoms with Crippen molar-refractivity contribution in [3.8, 4) is 0 Å². The Hall–Kier alpha value is -2.21. The lowest BCUT2D eigenvalue weighted by Gasteiger charge is -2.43. The molecule has 0 saturated carbocycles. The van der Waals surface area contributed by atoms with Crippen molar-refractivity contribution in [3.63, 3.8) is 0 Å². The summed E-state index contributed by atoms with van der Waals surface area (Å²) in [6, 6.07) is 7.76. The van der Waals surface area contributed by atoms with E-state index in [-0.39, 0.29) is 23.6 Å². The highest BCUT2D eigenvalue weighted by atomic mass is 16.2. The number of carbonyl (C=O) groups excluding carboxylic acids is 1. The van der Waals surface area contributed by atoms with Crippen molar-refractivity contribution >= 4 is 16.8 Å². The maximum Gasteiger partial charge on any atom is 0.261 e. The topological polar surface area (TPSA) is 58.4 Å². The van der Waals surface area contributed by atoms with Gasteiger partial charge in [0.1, 0.15) is 5.82 Å². The second-order valence-corrected chi connectivity index (χ2v) is 7.46. The third-order valence-electron chi connectivity index (χ3n) is 5.59. The minimum absolute atomic E-state index is 0.00106. The van der Waals surface area contributed by atoms with Gasteiger partial charge in [-0.05, 0) is 31.9 Å². The van der Waals surface area contributed by atoms with Crippen LogP contribution in [0.2, 0.25) is 0 Å². The van der Waals surface area contributed by atoms with Crippen molar-refractivity contribution in [1.82, 2.24) is 19.4 Å². The lowest BCUT2D eigenvalue weighted by Crippen LogP contribution is -2.55. The molecule has 6 nitrogen and oxygen atoms in total. The van der Waals surface area contributed by atoms with Crippen LogP contribution in [0, 0.1) is 0 Å². The first-order chi connectivity index (χ1) is 13.0. The number of nitrogens with zero attached hydrogens (tertiary/aromatic N) is 4. The molecule has 2 heterocycles. The number of carbonyl (C=O) groups is 1. The molecule has 27 heavy (non-hydrogen) atoms. The summed E-state index contributed by atoms with van der Waals surface area (Å²) in [7, 11) is 1.81. The summed E-state index contributed by atoms with van der Waals surface area (Å²) in [5, 5.41) is 0.655. The lowest BCUT2D eigenvalue weighted by molar-refractivity contribution is -0.136. The predicted molar refractivity (Wildman–Crippen MR) is 108 cm³/mol. The maximum absolute atomic E-state index is 12.8. The molecule has 2 aromatic rings. The number of hydrogen-bond acceptors (Lipinski definition) is 4. The molecule has 1 saturated heterocycles. The lowest BCUT2D eigenvalue weighted by atomic mass is 10.1. The number of fused-ring (bicyclic) bond motifs is 1. The number of aromatic nitrogens is 2. The van der Waals surface area contributed by atoms with E-state index in [1.54, 1.807) is 4.57 Å². The monoisotopic (exact) mass is 370 g/mol. The Morgan fingerprint density at radius 2 is 2.00 bits per heavy atom. The Kier molecular flexibility index (Phi) is 5.95. The first kappa shape index (κ1) is 19.5. The molecule has 0 spiro atoms. The smallest absolute Gasteiger partial charge is 0.261 e. The van der Waals surface area contributed by atoms with Gasteiger partial charge >= 0.3 is 0 Å². The van der Waals surface area contributed by atoms with E-state index in [0.717, 1.165) is 43.8 Å². The van der Waals surface area contributed by atoms with Gasteiger partial charge in [-0.3, -0.25) is 19.1 Å². The Morgan fingerprint density at radius 1 is 1.26 bits per heavy atom. The van der Waals surface area contributed by atoms with Crippen molar-refractivity contribution in [1.29, 1.82) is 0 Å². The fourth-order valence-electron chi connectivity index (χ4n) is 4.13. The molecule has 0 bridgehead atoms. The highest BCUT2D eigenvalue weighted by molar-refractivity contribution is 5.77. The molecule has 1 aromatic carbocycles. The summed E-state index contributed by atoms with van der Waals surface area (Å²) in [5.41, 5.74) is 0.748. The molecular formula is C21H30N4O2. The van der Waals surface area contributed by atoms with E-state index < -0.39 is 0 Å². The van der Waals surface area contributed by atoms with E-state index in [9.17, 15) is 9.59 Å². The molecule has 1 amide bonds. The van der Waals surface area contributed by atoms with Crippen LogP contribution in [-0.4, -0.2) is 50.9 Å². The van der Waals surface area contributed by atoms with Crippen molar-refractivity contribution < 1.29 is 4.79 Å². The van der Waals surface area contributed by atoms with E-state index in [1.165, 1.54) is 0 Å². The minimum atomic E-state index is -0.00106. The highest BCUT2D eigenvalue weighted by Crippen LogP contribution is 2.26. The van der Waals surface area contributed by atoms with Crippen LogP contribution in [0.5, 0.6) is 0 Å². The Labute approximate surface area is 160 Å². The Bertz CT molecular complexity index is 876. The summed E-state index contributed by atoms with van der Waals surface area (Å²) >= 11 is 0. The molecule has 1 aliphatic rings. The van der Waals surface area contributed by atoms with Crippen LogP contribution < -0.4 is 5.56 Å². The van der Waals surface area contributed by atoms with Crippen molar-refractivity contribution in [2.45, 2.75) is 52.1 Å². The second kappa shape index (κ2) is 8.21. The normalized spacial score (nSPS) is 19.4. The van der Waals surface area contributed by atoms with Gasteiger partial charge in [-0.25, -0.2) is 4.98 Å². The van der Waals surface area contributed by atoms with E-state index in [0.29, 0.717) is 11.8 Å². The molecular weight excluding hydrogens is 340 g/mol. The van der Waals surface area contributed by atoms with E-state index in [4.69, 9.17) is 4.98 Å². The van der Waals surface area contributed by atoms with Crippen molar-refractivity contribution in [2.24, 2.45) is 7.05 Å². The van der Waals surface area contributed by atoms with Crippen LogP contribution in [0.15, 0.2) is 29.1 Å². The number of rotatable bonds is 5. The van der Waals surface area contributed by atoms with E-state index >= 15 is 0 Å². The first-order valence-electron chi connectivity index (χ1n) is 9.97. The Balaban J connectivity index is 1.88. The summed E-state index contributed by atoms with van der Waals surface area (Å²) in [6.07, 6.45) is 2.36. The molecule has 2 unspecified atom stereocenters. The van der Waals surface area contributed by atoms with Crippen LogP contribution in [0.3, 0.4) is 0 Å². The van der Waals surface area contributed by atoms with Crippen LogP contribution in [-0.2, 0) is 11.8 Å². The highest BCUT2D eigenvalue weighted by Gasteiger charge is 2.32. The molecule has 0 N–H and O–H groups in total. The molecule has 6 heteroatoms. The summed E-state index contributed by atoms with van der Waals surface area (Å²) in [4.78, 5) is 34.3. The Morgan fingerprint density at radius 3 is 2.67 bits per heavy atom. The second-order valence-electron chi connectivity index (χ2n) is 7.46. The van der Waals surface area contributed by atoms with Gasteiger partial charge in [0, 0.05) is 39.1 Å². The molecule has 3 rings (SSSR count). The standard InChI is InChI=1S/C21H30N4O2/c1-5-9-19(26)25-13-12-24(14-15(25)3)18(6-2)20-22-17-11-8-7-10-16(17)21(27)23(20)4/h7-8,10-11,15,18H,5-6,9,12-14H2,1-4H3.